The minimum atomic E-state index is 0.0371. The second-order valence-electron chi connectivity index (χ2n) is 7.49. The standard InChI is InChI=1S/C20H28N2O3/c23-20(22-11-9-16(10-12-22)25-14-15-7-8-15)21-18-5-3-13-24-19-6-2-1-4-17(18)19/h1-2,4,6,15-16,18H,3,5,7-14H2,(H,21,23)/t18-/m0/s1. The molecule has 0 spiro atoms. The summed E-state index contributed by atoms with van der Waals surface area (Å²) in [6.07, 6.45) is 6.76. The number of hydrogen-bond donors (Lipinski definition) is 1. The Kier molecular flexibility index (Phi) is 5.11. The number of nitrogens with one attached hydrogen (secondary N) is 1. The highest BCUT2D eigenvalue weighted by Crippen LogP contribution is 2.32. The first-order valence-electron chi connectivity index (χ1n) is 9.68. The monoisotopic (exact) mass is 344 g/mol. The largest absolute Gasteiger partial charge is 0.493 e. The number of amides is 2. The lowest BCUT2D eigenvalue weighted by atomic mass is 10.0. The fourth-order valence-corrected chi connectivity index (χ4v) is 3.70. The van der Waals surface area contributed by atoms with Crippen molar-refractivity contribution < 1.29 is 14.3 Å². The van der Waals surface area contributed by atoms with E-state index in [2.05, 4.69) is 11.4 Å². The van der Waals surface area contributed by atoms with Crippen LogP contribution in [-0.4, -0.2) is 43.3 Å². The number of piperidine rings is 1. The molecule has 3 aliphatic rings. The van der Waals surface area contributed by atoms with Gasteiger partial charge in [0.1, 0.15) is 5.75 Å². The molecule has 136 valence electrons. The molecule has 2 heterocycles. The van der Waals surface area contributed by atoms with Crippen molar-refractivity contribution in [3.63, 3.8) is 0 Å². The molecule has 1 atom stereocenters. The first-order valence-corrected chi connectivity index (χ1v) is 9.68. The van der Waals surface area contributed by atoms with Gasteiger partial charge >= 0.3 is 6.03 Å². The Balaban J connectivity index is 1.30. The number of nitrogens with zero attached hydrogens (tertiary/aromatic N) is 1. The Morgan fingerprint density at radius 2 is 1.96 bits per heavy atom. The molecule has 25 heavy (non-hydrogen) atoms. The molecule has 4 rings (SSSR count). The molecule has 1 aromatic rings. The molecule has 5 nitrogen and oxygen atoms in total. The van der Waals surface area contributed by atoms with Crippen LogP contribution in [0.5, 0.6) is 5.75 Å². The van der Waals surface area contributed by atoms with E-state index < -0.39 is 0 Å². The average molecular weight is 344 g/mol. The number of rotatable bonds is 4. The van der Waals surface area contributed by atoms with Crippen LogP contribution in [0.25, 0.3) is 0 Å². The number of carbonyl (C=O) groups excluding carboxylic acids is 1. The zero-order valence-electron chi connectivity index (χ0n) is 14.8. The van der Waals surface area contributed by atoms with Crippen LogP contribution < -0.4 is 10.1 Å². The van der Waals surface area contributed by atoms with E-state index in [1.54, 1.807) is 0 Å². The third-order valence-corrected chi connectivity index (χ3v) is 5.48. The number of urea groups is 1. The van der Waals surface area contributed by atoms with E-state index in [0.29, 0.717) is 12.7 Å². The zero-order valence-corrected chi connectivity index (χ0v) is 14.8. The Labute approximate surface area is 149 Å². The number of likely N-dealkylation sites (tertiary alicyclic amines) is 1. The van der Waals surface area contributed by atoms with Gasteiger partial charge in [-0.05, 0) is 50.5 Å². The molecule has 2 amide bonds. The molecule has 1 aromatic carbocycles. The van der Waals surface area contributed by atoms with E-state index >= 15 is 0 Å². The van der Waals surface area contributed by atoms with E-state index in [9.17, 15) is 4.79 Å². The molecular weight excluding hydrogens is 316 g/mol. The van der Waals surface area contributed by atoms with E-state index in [1.165, 1.54) is 12.8 Å². The van der Waals surface area contributed by atoms with Crippen LogP contribution in [0, 0.1) is 5.92 Å². The quantitative estimate of drug-likeness (QED) is 0.909. The van der Waals surface area contributed by atoms with E-state index in [-0.39, 0.29) is 12.1 Å². The van der Waals surface area contributed by atoms with Gasteiger partial charge < -0.3 is 19.7 Å². The maximum absolute atomic E-state index is 12.7. The Hall–Kier alpha value is -1.75. The van der Waals surface area contributed by atoms with Crippen molar-refractivity contribution in [3.8, 4) is 5.75 Å². The van der Waals surface area contributed by atoms with E-state index in [1.807, 2.05) is 23.1 Å². The van der Waals surface area contributed by atoms with Crippen LogP contribution in [0.4, 0.5) is 4.79 Å². The molecule has 1 aliphatic carbocycles. The SMILES string of the molecule is O=C(N[C@H]1CCCOc2ccccc21)N1CCC(OCC2CC2)CC1. The number of benzene rings is 1. The summed E-state index contributed by atoms with van der Waals surface area (Å²) in [4.78, 5) is 14.6. The van der Waals surface area contributed by atoms with Crippen molar-refractivity contribution in [1.29, 1.82) is 0 Å². The first kappa shape index (κ1) is 16.7. The third kappa shape index (κ3) is 4.27. The second-order valence-corrected chi connectivity index (χ2v) is 7.49. The lowest BCUT2D eigenvalue weighted by Gasteiger charge is -2.33. The van der Waals surface area contributed by atoms with Gasteiger partial charge in [-0.15, -0.1) is 0 Å². The lowest BCUT2D eigenvalue weighted by Crippen LogP contribution is -2.47. The maximum atomic E-state index is 12.7. The number of ether oxygens (including phenoxy) is 2. The molecule has 2 aliphatic heterocycles. The summed E-state index contributed by atoms with van der Waals surface area (Å²) in [7, 11) is 0. The van der Waals surface area contributed by atoms with Gasteiger partial charge in [-0.3, -0.25) is 0 Å². The number of carbonyl (C=O) groups is 1. The van der Waals surface area contributed by atoms with Gasteiger partial charge in [-0.1, -0.05) is 18.2 Å². The average Bonchev–Trinajstić information content (AvgIpc) is 3.48. The van der Waals surface area contributed by atoms with Crippen molar-refractivity contribution in [2.45, 2.75) is 50.7 Å². The van der Waals surface area contributed by atoms with Gasteiger partial charge in [0.15, 0.2) is 0 Å². The van der Waals surface area contributed by atoms with Crippen molar-refractivity contribution in [1.82, 2.24) is 10.2 Å². The molecule has 1 N–H and O–H groups in total. The molecule has 0 aromatic heterocycles. The Morgan fingerprint density at radius 1 is 1.16 bits per heavy atom. The minimum absolute atomic E-state index is 0.0371. The molecule has 2 fully saturated rings. The summed E-state index contributed by atoms with van der Waals surface area (Å²) in [5.74, 6) is 1.70. The highest BCUT2D eigenvalue weighted by Gasteiger charge is 2.28. The maximum Gasteiger partial charge on any atom is 0.317 e. The summed E-state index contributed by atoms with van der Waals surface area (Å²) in [6, 6.07) is 8.12. The van der Waals surface area contributed by atoms with Crippen LogP contribution in [0.3, 0.4) is 0 Å². The fourth-order valence-electron chi connectivity index (χ4n) is 3.70. The summed E-state index contributed by atoms with van der Waals surface area (Å²) in [5.41, 5.74) is 1.09. The van der Waals surface area contributed by atoms with Crippen molar-refractivity contribution >= 4 is 6.03 Å². The number of fused-ring (bicyclic) bond motifs is 1. The number of hydrogen-bond acceptors (Lipinski definition) is 3. The summed E-state index contributed by atoms with van der Waals surface area (Å²) >= 11 is 0. The second kappa shape index (κ2) is 7.65. The van der Waals surface area contributed by atoms with Gasteiger partial charge in [-0.2, -0.15) is 0 Å². The molecule has 0 bridgehead atoms. The topological polar surface area (TPSA) is 50.8 Å². The van der Waals surface area contributed by atoms with Crippen LogP contribution in [0.1, 0.15) is 50.1 Å². The zero-order chi connectivity index (χ0) is 17.1. The fraction of sp³-hybridized carbons (Fsp3) is 0.650. The van der Waals surface area contributed by atoms with Crippen LogP contribution in [-0.2, 0) is 4.74 Å². The smallest absolute Gasteiger partial charge is 0.317 e. The Morgan fingerprint density at radius 3 is 2.76 bits per heavy atom. The summed E-state index contributed by atoms with van der Waals surface area (Å²) in [6.45, 7) is 3.20. The summed E-state index contributed by atoms with van der Waals surface area (Å²) in [5, 5.41) is 3.23. The minimum Gasteiger partial charge on any atom is -0.493 e. The van der Waals surface area contributed by atoms with Crippen molar-refractivity contribution in [2.24, 2.45) is 5.92 Å². The summed E-state index contributed by atoms with van der Waals surface area (Å²) < 4.78 is 11.8. The molecule has 0 unspecified atom stereocenters. The van der Waals surface area contributed by atoms with E-state index in [0.717, 1.165) is 62.6 Å². The molecule has 5 heteroatoms. The van der Waals surface area contributed by atoms with Gasteiger partial charge in [-0.25, -0.2) is 4.79 Å². The predicted molar refractivity (Wildman–Crippen MR) is 95.7 cm³/mol. The van der Waals surface area contributed by atoms with Crippen LogP contribution >= 0.6 is 0 Å². The number of para-hydroxylation sites is 1. The van der Waals surface area contributed by atoms with Crippen LogP contribution in [0.15, 0.2) is 24.3 Å². The highest BCUT2D eigenvalue weighted by atomic mass is 16.5. The molecular formula is C20H28N2O3. The normalized spacial score (nSPS) is 24.2. The molecule has 0 radical (unpaired) electrons. The van der Waals surface area contributed by atoms with Gasteiger partial charge in [0, 0.05) is 25.3 Å². The predicted octanol–water partition coefficient (Wildman–Crippen LogP) is 3.50. The lowest BCUT2D eigenvalue weighted by molar-refractivity contribution is 0.00927. The van der Waals surface area contributed by atoms with Crippen molar-refractivity contribution in [2.75, 3.05) is 26.3 Å². The van der Waals surface area contributed by atoms with E-state index in [4.69, 9.17) is 9.47 Å². The van der Waals surface area contributed by atoms with Crippen LogP contribution in [0.2, 0.25) is 0 Å². The first-order chi connectivity index (χ1) is 12.3. The molecule has 1 saturated carbocycles. The van der Waals surface area contributed by atoms with Gasteiger partial charge in [0.2, 0.25) is 0 Å². The van der Waals surface area contributed by atoms with Gasteiger partial charge in [0.25, 0.3) is 0 Å². The third-order valence-electron chi connectivity index (χ3n) is 5.48. The highest BCUT2D eigenvalue weighted by molar-refractivity contribution is 5.75. The Bertz CT molecular complexity index is 594. The van der Waals surface area contributed by atoms with Gasteiger partial charge in [0.05, 0.1) is 18.8 Å². The van der Waals surface area contributed by atoms with Crippen molar-refractivity contribution in [3.05, 3.63) is 29.8 Å². The molecule has 1 saturated heterocycles.